The van der Waals surface area contributed by atoms with Gasteiger partial charge in [-0.25, -0.2) is 19.9 Å². The molecule has 0 spiro atoms. The van der Waals surface area contributed by atoms with Gasteiger partial charge in [-0.1, -0.05) is 12.1 Å². The van der Waals surface area contributed by atoms with Crippen molar-refractivity contribution in [3.8, 4) is 11.3 Å². The third-order valence-corrected chi connectivity index (χ3v) is 5.96. The maximum absolute atomic E-state index is 12.5. The molecule has 4 aromatic rings. The van der Waals surface area contributed by atoms with Crippen molar-refractivity contribution >= 4 is 28.4 Å². The smallest absolute Gasteiger partial charge is 0.262 e. The monoisotopic (exact) mass is 428 g/mol. The third kappa shape index (κ3) is 4.02. The Bertz CT molecular complexity index is 1290. The molecule has 162 valence electrons. The van der Waals surface area contributed by atoms with Gasteiger partial charge in [0.25, 0.3) is 5.56 Å². The number of H-pyrrole nitrogens is 1. The molecule has 9 heteroatoms. The Morgan fingerprint density at radius 2 is 1.81 bits per heavy atom. The SMILES string of the molecule is CN1CCC(c2ccc(Nc3nc(-c4cnc(N)nc4)cc4nc[nH]c(=O)c34)cc2)CC1. The number of piperidine rings is 1. The van der Waals surface area contributed by atoms with Crippen LogP contribution in [0.25, 0.3) is 22.2 Å². The number of nitrogens with zero attached hydrogens (tertiary/aromatic N) is 5. The maximum atomic E-state index is 12.5. The fourth-order valence-corrected chi connectivity index (χ4v) is 4.12. The molecule has 0 saturated carbocycles. The highest BCUT2D eigenvalue weighted by Gasteiger charge is 2.18. The van der Waals surface area contributed by atoms with Gasteiger partial charge in [-0.05, 0) is 62.7 Å². The summed E-state index contributed by atoms with van der Waals surface area (Å²) in [6, 6.07) is 10.1. The molecule has 4 heterocycles. The molecule has 1 fully saturated rings. The van der Waals surface area contributed by atoms with Crippen molar-refractivity contribution in [2.75, 3.05) is 31.2 Å². The van der Waals surface area contributed by atoms with Crippen LogP contribution in [0.15, 0.2) is 53.8 Å². The maximum Gasteiger partial charge on any atom is 0.262 e. The lowest BCUT2D eigenvalue weighted by molar-refractivity contribution is 0.255. The lowest BCUT2D eigenvalue weighted by Crippen LogP contribution is -2.29. The third-order valence-electron chi connectivity index (χ3n) is 5.96. The summed E-state index contributed by atoms with van der Waals surface area (Å²) in [5, 5.41) is 3.70. The molecule has 0 unspecified atom stereocenters. The standard InChI is InChI=1S/C23H24N8O/c1-31-8-6-15(7-9-31)14-2-4-17(5-3-14)29-21-20-19(27-13-28-22(20)32)10-18(30-21)16-11-25-23(24)26-12-16/h2-5,10-13,15H,6-9H2,1H3,(H,29,30)(H2,24,25,26)(H,27,28,32). The van der Waals surface area contributed by atoms with Crippen molar-refractivity contribution in [2.24, 2.45) is 0 Å². The van der Waals surface area contributed by atoms with E-state index in [0.29, 0.717) is 33.9 Å². The molecule has 1 aliphatic rings. The lowest BCUT2D eigenvalue weighted by atomic mass is 9.89. The van der Waals surface area contributed by atoms with E-state index in [1.54, 1.807) is 18.5 Å². The number of fused-ring (bicyclic) bond motifs is 1. The highest BCUT2D eigenvalue weighted by Crippen LogP contribution is 2.30. The summed E-state index contributed by atoms with van der Waals surface area (Å²) in [5.74, 6) is 1.20. The molecule has 0 amide bonds. The second-order valence-corrected chi connectivity index (χ2v) is 8.14. The Kier molecular flexibility index (Phi) is 5.24. The zero-order chi connectivity index (χ0) is 22.1. The summed E-state index contributed by atoms with van der Waals surface area (Å²) in [7, 11) is 2.17. The van der Waals surface area contributed by atoms with Crippen molar-refractivity contribution in [3.05, 3.63) is 65.0 Å². The van der Waals surface area contributed by atoms with Gasteiger partial charge in [-0.15, -0.1) is 0 Å². The minimum atomic E-state index is -0.256. The number of hydrogen-bond acceptors (Lipinski definition) is 8. The normalized spacial score (nSPS) is 15.2. The van der Waals surface area contributed by atoms with Crippen molar-refractivity contribution in [1.29, 1.82) is 0 Å². The molecule has 0 bridgehead atoms. The van der Waals surface area contributed by atoms with Crippen LogP contribution in [-0.4, -0.2) is 50.0 Å². The summed E-state index contributed by atoms with van der Waals surface area (Å²) in [6.45, 7) is 2.25. The number of aromatic nitrogens is 5. The van der Waals surface area contributed by atoms with Crippen LogP contribution in [0.5, 0.6) is 0 Å². The van der Waals surface area contributed by atoms with E-state index in [4.69, 9.17) is 5.73 Å². The van der Waals surface area contributed by atoms with Crippen molar-refractivity contribution in [1.82, 2.24) is 29.8 Å². The van der Waals surface area contributed by atoms with Crippen molar-refractivity contribution in [3.63, 3.8) is 0 Å². The lowest BCUT2D eigenvalue weighted by Gasteiger charge is -2.29. The van der Waals surface area contributed by atoms with Crippen LogP contribution >= 0.6 is 0 Å². The zero-order valence-corrected chi connectivity index (χ0v) is 17.7. The quantitative estimate of drug-likeness (QED) is 0.453. The van der Waals surface area contributed by atoms with E-state index in [9.17, 15) is 4.79 Å². The Balaban J connectivity index is 1.49. The van der Waals surface area contributed by atoms with Crippen LogP contribution in [0.4, 0.5) is 17.5 Å². The van der Waals surface area contributed by atoms with Gasteiger partial charge in [-0.2, -0.15) is 0 Å². The zero-order valence-electron chi connectivity index (χ0n) is 17.7. The number of nitrogens with one attached hydrogen (secondary N) is 2. The van der Waals surface area contributed by atoms with E-state index in [2.05, 4.69) is 54.3 Å². The van der Waals surface area contributed by atoms with Crippen molar-refractivity contribution in [2.45, 2.75) is 18.8 Å². The Hall–Kier alpha value is -3.85. The van der Waals surface area contributed by atoms with Crippen molar-refractivity contribution < 1.29 is 0 Å². The van der Waals surface area contributed by atoms with Gasteiger partial charge in [0.05, 0.1) is 17.5 Å². The van der Waals surface area contributed by atoms with Crippen LogP contribution in [0.3, 0.4) is 0 Å². The number of nitrogen functional groups attached to an aromatic ring is 1. The molecule has 0 atom stereocenters. The molecule has 1 aromatic carbocycles. The number of aromatic amines is 1. The van der Waals surface area contributed by atoms with Gasteiger partial charge in [-0.3, -0.25) is 4.79 Å². The fraction of sp³-hybridized carbons (Fsp3) is 0.261. The Morgan fingerprint density at radius 1 is 1.09 bits per heavy atom. The average molecular weight is 429 g/mol. The van der Waals surface area contributed by atoms with Crippen LogP contribution in [-0.2, 0) is 0 Å². The minimum absolute atomic E-state index is 0.187. The second-order valence-electron chi connectivity index (χ2n) is 8.14. The van der Waals surface area contributed by atoms with E-state index in [1.807, 2.05) is 12.1 Å². The first-order valence-electron chi connectivity index (χ1n) is 10.6. The van der Waals surface area contributed by atoms with Crippen LogP contribution < -0.4 is 16.6 Å². The molecule has 5 rings (SSSR count). The van der Waals surface area contributed by atoms with E-state index in [0.717, 1.165) is 18.8 Å². The summed E-state index contributed by atoms with van der Waals surface area (Å²) >= 11 is 0. The number of rotatable bonds is 4. The number of anilines is 3. The van der Waals surface area contributed by atoms with Crippen LogP contribution in [0.2, 0.25) is 0 Å². The summed E-state index contributed by atoms with van der Waals surface area (Å²) < 4.78 is 0. The van der Waals surface area contributed by atoms with E-state index >= 15 is 0 Å². The molecule has 3 aromatic heterocycles. The first-order valence-corrected chi connectivity index (χ1v) is 10.6. The number of hydrogen-bond donors (Lipinski definition) is 3. The first-order chi connectivity index (χ1) is 15.6. The molecule has 1 saturated heterocycles. The topological polar surface area (TPSA) is 126 Å². The molecular formula is C23H24N8O. The second kappa shape index (κ2) is 8.35. The average Bonchev–Trinajstić information content (AvgIpc) is 2.80. The fourth-order valence-electron chi connectivity index (χ4n) is 4.12. The molecule has 32 heavy (non-hydrogen) atoms. The molecule has 0 aliphatic carbocycles. The van der Waals surface area contributed by atoms with Gasteiger partial charge in [0.15, 0.2) is 0 Å². The number of pyridine rings is 1. The highest BCUT2D eigenvalue weighted by molar-refractivity contribution is 5.92. The van der Waals surface area contributed by atoms with Gasteiger partial charge in [0.1, 0.15) is 11.2 Å². The van der Waals surface area contributed by atoms with Gasteiger partial charge in [0, 0.05) is 23.6 Å². The summed E-state index contributed by atoms with van der Waals surface area (Å²) in [5.41, 5.74) is 9.35. The molecule has 4 N–H and O–H groups in total. The predicted molar refractivity (Wildman–Crippen MR) is 125 cm³/mol. The van der Waals surface area contributed by atoms with Gasteiger partial charge in [0.2, 0.25) is 5.95 Å². The molecule has 1 aliphatic heterocycles. The van der Waals surface area contributed by atoms with Crippen LogP contribution in [0, 0.1) is 0 Å². The van der Waals surface area contributed by atoms with E-state index in [-0.39, 0.29) is 11.5 Å². The number of nitrogens with two attached hydrogens (primary N) is 1. The predicted octanol–water partition coefficient (Wildman–Crippen LogP) is 2.91. The Labute approximate surface area is 184 Å². The Morgan fingerprint density at radius 3 is 2.53 bits per heavy atom. The first kappa shape index (κ1) is 20.1. The van der Waals surface area contributed by atoms with Gasteiger partial charge < -0.3 is 20.9 Å². The molecular weight excluding hydrogens is 404 g/mol. The highest BCUT2D eigenvalue weighted by atomic mass is 16.1. The van der Waals surface area contributed by atoms with Gasteiger partial charge >= 0.3 is 0 Å². The number of benzene rings is 1. The number of likely N-dealkylation sites (tertiary alicyclic amines) is 1. The minimum Gasteiger partial charge on any atom is -0.368 e. The molecule has 9 nitrogen and oxygen atoms in total. The largest absolute Gasteiger partial charge is 0.368 e. The summed E-state index contributed by atoms with van der Waals surface area (Å²) in [6.07, 6.45) is 6.92. The molecule has 0 radical (unpaired) electrons. The summed E-state index contributed by atoms with van der Waals surface area (Å²) in [4.78, 5) is 34.6. The van der Waals surface area contributed by atoms with E-state index in [1.165, 1.54) is 24.7 Å². The van der Waals surface area contributed by atoms with Crippen LogP contribution in [0.1, 0.15) is 24.3 Å². The van der Waals surface area contributed by atoms with E-state index < -0.39 is 0 Å².